The van der Waals surface area contributed by atoms with E-state index in [1.807, 2.05) is 0 Å². The van der Waals surface area contributed by atoms with Gasteiger partial charge in [-0.15, -0.1) is 0 Å². The van der Waals surface area contributed by atoms with E-state index in [9.17, 15) is 14.5 Å². The highest BCUT2D eigenvalue weighted by atomic mass is 35.5. The van der Waals surface area contributed by atoms with Crippen LogP contribution < -0.4 is 4.74 Å². The minimum absolute atomic E-state index is 0.0114. The molecule has 0 saturated carbocycles. The summed E-state index contributed by atoms with van der Waals surface area (Å²) in [6, 6.07) is 9.95. The van der Waals surface area contributed by atoms with E-state index in [-0.39, 0.29) is 23.1 Å². The van der Waals surface area contributed by atoms with Gasteiger partial charge in [-0.05, 0) is 24.3 Å². The van der Waals surface area contributed by atoms with E-state index in [1.165, 1.54) is 18.2 Å². The number of hydrogen-bond acceptors (Lipinski definition) is 3. The molecule has 0 aliphatic carbocycles. The predicted molar refractivity (Wildman–Crippen MR) is 68.8 cm³/mol. The van der Waals surface area contributed by atoms with Crippen molar-refractivity contribution in [2.45, 2.75) is 6.61 Å². The largest absolute Gasteiger partial charge is 0.487 e. The van der Waals surface area contributed by atoms with Crippen LogP contribution in [0, 0.1) is 15.9 Å². The van der Waals surface area contributed by atoms with E-state index in [2.05, 4.69) is 0 Å². The van der Waals surface area contributed by atoms with E-state index in [0.29, 0.717) is 5.56 Å². The third-order valence-corrected chi connectivity index (χ3v) is 2.76. The molecule has 98 valence electrons. The van der Waals surface area contributed by atoms with E-state index >= 15 is 0 Å². The monoisotopic (exact) mass is 281 g/mol. The van der Waals surface area contributed by atoms with Gasteiger partial charge in [0.05, 0.1) is 15.5 Å². The molecule has 0 bridgehead atoms. The minimum Gasteiger partial charge on any atom is -0.487 e. The number of benzene rings is 2. The summed E-state index contributed by atoms with van der Waals surface area (Å²) >= 11 is 5.80. The maximum Gasteiger partial charge on any atom is 0.276 e. The molecule has 19 heavy (non-hydrogen) atoms. The van der Waals surface area contributed by atoms with Crippen LogP contribution in [0.5, 0.6) is 5.75 Å². The molecule has 0 radical (unpaired) electrons. The molecule has 0 heterocycles. The SMILES string of the molecule is O=[N+]([O-])c1ccccc1COc1ccc(F)cc1Cl. The quantitative estimate of drug-likeness (QED) is 0.629. The lowest BCUT2D eigenvalue weighted by Crippen LogP contribution is -2.00. The van der Waals surface area contributed by atoms with Crippen molar-refractivity contribution in [2.75, 3.05) is 0 Å². The first-order valence-corrected chi connectivity index (χ1v) is 5.76. The highest BCUT2D eigenvalue weighted by Gasteiger charge is 2.13. The Bertz CT molecular complexity index is 619. The molecule has 0 saturated heterocycles. The number of nitrogens with zero attached hydrogens (tertiary/aromatic N) is 1. The van der Waals surface area contributed by atoms with Crippen molar-refractivity contribution in [1.29, 1.82) is 0 Å². The van der Waals surface area contributed by atoms with E-state index < -0.39 is 10.7 Å². The number of nitro groups is 1. The van der Waals surface area contributed by atoms with Gasteiger partial charge in [0.25, 0.3) is 5.69 Å². The molecule has 0 amide bonds. The van der Waals surface area contributed by atoms with Crippen LogP contribution >= 0.6 is 11.6 Å². The summed E-state index contributed by atoms with van der Waals surface area (Å²) in [5.41, 5.74) is 0.397. The summed E-state index contributed by atoms with van der Waals surface area (Å²) in [6.45, 7) is -0.0114. The predicted octanol–water partition coefficient (Wildman–Crippen LogP) is 3.97. The minimum atomic E-state index is -0.481. The Labute approximate surface area is 113 Å². The maximum atomic E-state index is 12.9. The molecule has 6 heteroatoms. The number of halogens is 2. The Kier molecular flexibility index (Phi) is 3.97. The lowest BCUT2D eigenvalue weighted by molar-refractivity contribution is -0.385. The third kappa shape index (κ3) is 3.20. The number of para-hydroxylation sites is 1. The molecule has 0 N–H and O–H groups in total. The molecular formula is C13H9ClFNO3. The van der Waals surface area contributed by atoms with Crippen LogP contribution in [0.2, 0.25) is 5.02 Å². The molecule has 0 aromatic heterocycles. The van der Waals surface area contributed by atoms with Gasteiger partial charge in [-0.1, -0.05) is 23.7 Å². The highest BCUT2D eigenvalue weighted by Crippen LogP contribution is 2.27. The zero-order chi connectivity index (χ0) is 13.8. The van der Waals surface area contributed by atoms with Crippen LogP contribution in [0.1, 0.15) is 5.56 Å². The summed E-state index contributed by atoms with van der Waals surface area (Å²) in [5, 5.41) is 10.9. The van der Waals surface area contributed by atoms with E-state index in [4.69, 9.17) is 16.3 Å². The molecule has 2 aromatic carbocycles. The van der Waals surface area contributed by atoms with Crippen LogP contribution in [0.15, 0.2) is 42.5 Å². The van der Waals surface area contributed by atoms with Crippen molar-refractivity contribution >= 4 is 17.3 Å². The van der Waals surface area contributed by atoms with Crippen LogP contribution in [-0.4, -0.2) is 4.92 Å². The van der Waals surface area contributed by atoms with Gasteiger partial charge in [-0.25, -0.2) is 4.39 Å². The highest BCUT2D eigenvalue weighted by molar-refractivity contribution is 6.32. The van der Waals surface area contributed by atoms with Gasteiger partial charge in [0.1, 0.15) is 18.2 Å². The van der Waals surface area contributed by atoms with Gasteiger partial charge in [0.15, 0.2) is 0 Å². The molecule has 0 atom stereocenters. The maximum absolute atomic E-state index is 12.9. The fourth-order valence-corrected chi connectivity index (χ4v) is 1.78. The molecule has 0 aliphatic heterocycles. The fourth-order valence-electron chi connectivity index (χ4n) is 1.56. The van der Waals surface area contributed by atoms with Gasteiger partial charge in [-0.2, -0.15) is 0 Å². The Balaban J connectivity index is 2.17. The van der Waals surface area contributed by atoms with Crippen molar-refractivity contribution < 1.29 is 14.1 Å². The fraction of sp³-hybridized carbons (Fsp3) is 0.0769. The molecule has 0 unspecified atom stereocenters. The number of ether oxygens (including phenoxy) is 1. The van der Waals surface area contributed by atoms with Gasteiger partial charge < -0.3 is 4.74 Å². The topological polar surface area (TPSA) is 52.4 Å². The second-order valence-electron chi connectivity index (χ2n) is 3.75. The van der Waals surface area contributed by atoms with Crippen molar-refractivity contribution in [1.82, 2.24) is 0 Å². The molecule has 4 nitrogen and oxygen atoms in total. The third-order valence-electron chi connectivity index (χ3n) is 2.47. The normalized spacial score (nSPS) is 10.2. The Morgan fingerprint density at radius 3 is 2.68 bits per heavy atom. The van der Waals surface area contributed by atoms with Crippen LogP contribution in [0.25, 0.3) is 0 Å². The van der Waals surface area contributed by atoms with Crippen LogP contribution in [0.4, 0.5) is 10.1 Å². The summed E-state index contributed by atoms with van der Waals surface area (Å²) in [6.07, 6.45) is 0. The zero-order valence-corrected chi connectivity index (χ0v) is 10.4. The Hall–Kier alpha value is -2.14. The van der Waals surface area contributed by atoms with Gasteiger partial charge in [-0.3, -0.25) is 10.1 Å². The summed E-state index contributed by atoms with van der Waals surface area (Å²) < 4.78 is 18.2. The second-order valence-corrected chi connectivity index (χ2v) is 4.16. The van der Waals surface area contributed by atoms with Crippen LogP contribution in [-0.2, 0) is 6.61 Å². The van der Waals surface area contributed by atoms with Gasteiger partial charge in [0.2, 0.25) is 0 Å². The number of hydrogen-bond donors (Lipinski definition) is 0. The lowest BCUT2D eigenvalue weighted by atomic mass is 10.2. The molecule has 2 aromatic rings. The van der Waals surface area contributed by atoms with Crippen molar-refractivity contribution in [3.8, 4) is 5.75 Å². The lowest BCUT2D eigenvalue weighted by Gasteiger charge is -2.08. The number of nitro benzene ring substituents is 1. The summed E-state index contributed by atoms with van der Waals surface area (Å²) in [4.78, 5) is 10.3. The standard InChI is InChI=1S/C13H9ClFNO3/c14-11-7-10(15)5-6-13(11)19-8-9-3-1-2-4-12(9)16(17)18/h1-7H,8H2. The average molecular weight is 282 g/mol. The van der Waals surface area contributed by atoms with Gasteiger partial charge >= 0.3 is 0 Å². The Morgan fingerprint density at radius 2 is 2.00 bits per heavy atom. The molecule has 0 aliphatic rings. The smallest absolute Gasteiger partial charge is 0.276 e. The van der Waals surface area contributed by atoms with E-state index in [0.717, 1.165) is 6.07 Å². The van der Waals surface area contributed by atoms with Crippen LogP contribution in [0.3, 0.4) is 0 Å². The van der Waals surface area contributed by atoms with Crippen molar-refractivity contribution in [3.63, 3.8) is 0 Å². The summed E-state index contributed by atoms with van der Waals surface area (Å²) in [7, 11) is 0. The first-order chi connectivity index (χ1) is 9.08. The molecule has 2 rings (SSSR count). The second kappa shape index (κ2) is 5.67. The number of rotatable bonds is 4. The van der Waals surface area contributed by atoms with Crippen molar-refractivity contribution in [3.05, 3.63) is 69.0 Å². The van der Waals surface area contributed by atoms with Gasteiger partial charge in [0, 0.05) is 6.07 Å². The summed E-state index contributed by atoms with van der Waals surface area (Å²) in [5.74, 6) is -0.191. The first kappa shape index (κ1) is 13.3. The van der Waals surface area contributed by atoms with E-state index in [1.54, 1.807) is 18.2 Å². The van der Waals surface area contributed by atoms with Crippen molar-refractivity contribution in [2.24, 2.45) is 0 Å². The zero-order valence-electron chi connectivity index (χ0n) is 9.68. The molecule has 0 fully saturated rings. The first-order valence-electron chi connectivity index (χ1n) is 5.38. The molecular weight excluding hydrogens is 273 g/mol. The molecule has 0 spiro atoms. The average Bonchev–Trinajstić information content (AvgIpc) is 2.38. The Morgan fingerprint density at radius 1 is 1.26 bits per heavy atom.